The van der Waals surface area contributed by atoms with E-state index >= 15 is 0 Å². The Morgan fingerprint density at radius 2 is 2.10 bits per heavy atom. The van der Waals surface area contributed by atoms with Crippen molar-refractivity contribution in [3.05, 3.63) is 33.3 Å². The van der Waals surface area contributed by atoms with Crippen LogP contribution in [0.4, 0.5) is 0 Å². The Morgan fingerprint density at radius 1 is 1.43 bits per heavy atom. The summed E-state index contributed by atoms with van der Waals surface area (Å²) in [5, 5.41) is 10.3. The summed E-state index contributed by atoms with van der Waals surface area (Å²) in [5.41, 5.74) is 0.636. The number of likely N-dealkylation sites (tertiary alicyclic amines) is 1. The fourth-order valence-corrected chi connectivity index (χ4v) is 3.66. The van der Waals surface area contributed by atoms with Crippen LogP contribution in [0.15, 0.2) is 22.7 Å². The fraction of sp³-hybridized carbons (Fsp3) is 0.562. The Balaban J connectivity index is 2.00. The molecule has 1 aromatic carbocycles. The highest BCUT2D eigenvalue weighted by Gasteiger charge is 2.40. The van der Waals surface area contributed by atoms with E-state index in [4.69, 9.17) is 11.6 Å². The molecule has 1 N–H and O–H groups in total. The average molecular weight is 375 g/mol. The molecule has 116 valence electrons. The van der Waals surface area contributed by atoms with Crippen molar-refractivity contribution in [3.8, 4) is 0 Å². The Labute approximate surface area is 139 Å². The van der Waals surface area contributed by atoms with Crippen LogP contribution in [0.5, 0.6) is 0 Å². The topological polar surface area (TPSA) is 40.5 Å². The van der Waals surface area contributed by atoms with Crippen molar-refractivity contribution in [1.29, 1.82) is 0 Å². The number of halogens is 2. The van der Waals surface area contributed by atoms with Crippen LogP contribution < -0.4 is 0 Å². The number of piperidine rings is 1. The quantitative estimate of drug-likeness (QED) is 0.820. The van der Waals surface area contributed by atoms with E-state index in [1.54, 1.807) is 0 Å². The highest BCUT2D eigenvalue weighted by molar-refractivity contribution is 9.10. The Kier molecular flexibility index (Phi) is 5.69. The van der Waals surface area contributed by atoms with E-state index in [0.29, 0.717) is 0 Å². The van der Waals surface area contributed by atoms with E-state index in [9.17, 15) is 9.90 Å². The first-order valence-corrected chi connectivity index (χ1v) is 8.53. The zero-order chi connectivity index (χ0) is 15.5. The highest BCUT2D eigenvalue weighted by Crippen LogP contribution is 2.37. The molecule has 1 aromatic rings. The van der Waals surface area contributed by atoms with Crippen LogP contribution in [0.25, 0.3) is 0 Å². The predicted octanol–water partition coefficient (Wildman–Crippen LogP) is 4.57. The minimum Gasteiger partial charge on any atom is -0.481 e. The molecule has 0 spiro atoms. The summed E-state index contributed by atoms with van der Waals surface area (Å²) < 4.78 is 1.05. The summed E-state index contributed by atoms with van der Waals surface area (Å²) in [7, 11) is 0. The fourth-order valence-electron chi connectivity index (χ4n) is 3.09. The van der Waals surface area contributed by atoms with Crippen molar-refractivity contribution >= 4 is 33.5 Å². The van der Waals surface area contributed by atoms with Crippen LogP contribution in [0.1, 0.15) is 38.2 Å². The van der Waals surface area contributed by atoms with Gasteiger partial charge in [0.1, 0.15) is 0 Å². The monoisotopic (exact) mass is 373 g/mol. The predicted molar refractivity (Wildman–Crippen MR) is 88.6 cm³/mol. The molecule has 0 aliphatic carbocycles. The number of hydrogen-bond donors (Lipinski definition) is 1. The molecule has 0 amide bonds. The molecule has 0 aromatic heterocycles. The number of rotatable bonds is 5. The lowest BCUT2D eigenvalue weighted by Crippen LogP contribution is -2.44. The van der Waals surface area contributed by atoms with E-state index in [1.807, 2.05) is 18.2 Å². The molecular weight excluding hydrogens is 354 g/mol. The molecule has 0 unspecified atom stereocenters. The van der Waals surface area contributed by atoms with E-state index in [1.165, 1.54) is 0 Å². The average Bonchev–Trinajstić information content (AvgIpc) is 2.45. The van der Waals surface area contributed by atoms with Gasteiger partial charge in [-0.2, -0.15) is 0 Å². The van der Waals surface area contributed by atoms with E-state index in [0.717, 1.165) is 60.4 Å². The maximum atomic E-state index is 11.6. The van der Waals surface area contributed by atoms with Gasteiger partial charge < -0.3 is 5.11 Å². The summed E-state index contributed by atoms with van der Waals surface area (Å²) in [6.45, 7) is 4.51. The van der Waals surface area contributed by atoms with Crippen molar-refractivity contribution in [2.24, 2.45) is 5.41 Å². The van der Waals surface area contributed by atoms with Crippen LogP contribution in [0, 0.1) is 5.41 Å². The van der Waals surface area contributed by atoms with Gasteiger partial charge in [-0.3, -0.25) is 9.69 Å². The zero-order valence-corrected chi connectivity index (χ0v) is 14.6. The Hall–Kier alpha value is -0.580. The van der Waals surface area contributed by atoms with Gasteiger partial charge >= 0.3 is 5.97 Å². The van der Waals surface area contributed by atoms with Gasteiger partial charge in [-0.05, 0) is 56.1 Å². The second-order valence-corrected chi connectivity index (χ2v) is 7.14. The molecule has 1 fully saturated rings. The van der Waals surface area contributed by atoms with E-state index in [-0.39, 0.29) is 0 Å². The van der Waals surface area contributed by atoms with E-state index in [2.05, 4.69) is 27.8 Å². The lowest BCUT2D eigenvalue weighted by Gasteiger charge is -2.39. The molecule has 2 rings (SSSR count). The third-order valence-electron chi connectivity index (χ3n) is 4.40. The smallest absolute Gasteiger partial charge is 0.309 e. The Bertz CT molecular complexity index is 513. The van der Waals surface area contributed by atoms with Gasteiger partial charge in [0.25, 0.3) is 0 Å². The molecule has 5 heteroatoms. The summed E-state index contributed by atoms with van der Waals surface area (Å²) in [6, 6.07) is 5.79. The molecule has 3 nitrogen and oxygen atoms in total. The first-order valence-electron chi connectivity index (χ1n) is 7.36. The minimum atomic E-state index is -0.632. The number of nitrogens with zero attached hydrogens (tertiary/aromatic N) is 1. The second-order valence-electron chi connectivity index (χ2n) is 5.85. The van der Waals surface area contributed by atoms with Gasteiger partial charge in [-0.25, -0.2) is 0 Å². The maximum Gasteiger partial charge on any atom is 0.309 e. The Morgan fingerprint density at radius 3 is 2.67 bits per heavy atom. The number of aliphatic carboxylic acids is 1. The number of carbonyl (C=O) groups is 1. The number of benzene rings is 1. The molecule has 21 heavy (non-hydrogen) atoms. The van der Waals surface area contributed by atoms with Crippen LogP contribution in [-0.4, -0.2) is 29.1 Å². The molecule has 0 atom stereocenters. The van der Waals surface area contributed by atoms with Crippen LogP contribution in [-0.2, 0) is 11.3 Å². The van der Waals surface area contributed by atoms with Gasteiger partial charge in [-0.15, -0.1) is 0 Å². The summed E-state index contributed by atoms with van der Waals surface area (Å²) in [4.78, 5) is 13.9. The van der Waals surface area contributed by atoms with Gasteiger partial charge in [0, 0.05) is 16.0 Å². The number of carboxylic acids is 1. The van der Waals surface area contributed by atoms with Crippen molar-refractivity contribution in [1.82, 2.24) is 4.90 Å². The molecular formula is C16H21BrClNO2. The minimum absolute atomic E-state index is 0.517. The molecule has 0 radical (unpaired) electrons. The molecule has 1 aliphatic heterocycles. The SMILES string of the molecule is CCCC1(C(=O)O)CCN(Cc2cc(Cl)ccc2Br)CC1. The maximum absolute atomic E-state index is 11.6. The van der Waals surface area contributed by atoms with Crippen molar-refractivity contribution in [2.45, 2.75) is 39.2 Å². The van der Waals surface area contributed by atoms with Crippen LogP contribution in [0.3, 0.4) is 0 Å². The lowest BCUT2D eigenvalue weighted by atomic mass is 9.75. The lowest BCUT2D eigenvalue weighted by molar-refractivity contribution is -0.152. The third kappa shape index (κ3) is 3.99. The zero-order valence-electron chi connectivity index (χ0n) is 12.2. The van der Waals surface area contributed by atoms with Crippen LogP contribution >= 0.6 is 27.5 Å². The third-order valence-corrected chi connectivity index (χ3v) is 5.41. The first kappa shape index (κ1) is 16.8. The molecule has 0 saturated carbocycles. The summed E-state index contributed by atoms with van der Waals surface area (Å²) in [5.74, 6) is -0.632. The van der Waals surface area contributed by atoms with Crippen molar-refractivity contribution < 1.29 is 9.90 Å². The largest absolute Gasteiger partial charge is 0.481 e. The van der Waals surface area contributed by atoms with E-state index < -0.39 is 11.4 Å². The van der Waals surface area contributed by atoms with Crippen molar-refractivity contribution in [2.75, 3.05) is 13.1 Å². The van der Waals surface area contributed by atoms with Crippen molar-refractivity contribution in [3.63, 3.8) is 0 Å². The summed E-state index contributed by atoms with van der Waals surface area (Å²) in [6.07, 6.45) is 3.16. The normalized spacial score (nSPS) is 18.6. The van der Waals surface area contributed by atoms with Gasteiger partial charge in [-0.1, -0.05) is 40.9 Å². The standard InChI is InChI=1S/C16H21BrClNO2/c1-2-5-16(15(20)21)6-8-19(9-7-16)11-12-10-13(18)3-4-14(12)17/h3-4,10H,2,5-9,11H2,1H3,(H,20,21). The molecule has 1 heterocycles. The summed E-state index contributed by atoms with van der Waals surface area (Å²) >= 11 is 9.59. The number of carboxylic acid groups (broad SMARTS) is 1. The van der Waals surface area contributed by atoms with Gasteiger partial charge in [0.05, 0.1) is 5.41 Å². The molecule has 1 aliphatic rings. The molecule has 1 saturated heterocycles. The second kappa shape index (κ2) is 7.12. The first-order chi connectivity index (χ1) is 9.97. The van der Waals surface area contributed by atoms with Gasteiger partial charge in [0.15, 0.2) is 0 Å². The van der Waals surface area contributed by atoms with Crippen LogP contribution in [0.2, 0.25) is 5.02 Å². The number of hydrogen-bond acceptors (Lipinski definition) is 2. The highest BCUT2D eigenvalue weighted by atomic mass is 79.9. The van der Waals surface area contributed by atoms with Gasteiger partial charge in [0.2, 0.25) is 0 Å². The molecule has 0 bridgehead atoms.